The van der Waals surface area contributed by atoms with Crippen molar-refractivity contribution in [2.75, 3.05) is 24.7 Å². The van der Waals surface area contributed by atoms with Crippen molar-refractivity contribution in [1.82, 2.24) is 14.5 Å². The zero-order valence-electron chi connectivity index (χ0n) is 12.9. The average Bonchev–Trinajstić information content (AvgIpc) is 2.95. The molecule has 2 aromatic heterocycles. The summed E-state index contributed by atoms with van der Waals surface area (Å²) in [5.74, 6) is 5.00. The van der Waals surface area contributed by atoms with E-state index in [9.17, 15) is 0 Å². The molecule has 0 N–H and O–H groups in total. The molecule has 4 heterocycles. The number of hydrogen-bond acceptors (Lipinski definition) is 4. The Balaban J connectivity index is 1.69. The minimum atomic E-state index is 0.431. The highest BCUT2D eigenvalue weighted by Gasteiger charge is 2.25. The second kappa shape index (κ2) is 6.59. The van der Waals surface area contributed by atoms with E-state index in [4.69, 9.17) is 9.72 Å². The third kappa shape index (κ3) is 2.88. The highest BCUT2D eigenvalue weighted by Crippen LogP contribution is 2.30. The van der Waals surface area contributed by atoms with E-state index in [0.29, 0.717) is 5.92 Å². The molecule has 22 heavy (non-hydrogen) atoms. The molecular weight excluding hydrogens is 294 g/mol. The van der Waals surface area contributed by atoms with E-state index < -0.39 is 0 Å². The van der Waals surface area contributed by atoms with Crippen LogP contribution in [-0.2, 0) is 11.3 Å². The number of imidazole rings is 1. The first-order chi connectivity index (χ1) is 10.9. The Morgan fingerprint density at radius 2 is 2.18 bits per heavy atom. The molecule has 5 heteroatoms. The summed E-state index contributed by atoms with van der Waals surface area (Å²) in [6, 6.07) is 4.07. The molecule has 0 aliphatic carbocycles. The number of ether oxygens (including phenoxy) is 1. The summed E-state index contributed by atoms with van der Waals surface area (Å²) in [6.45, 7) is 2.78. The third-order valence-corrected chi connectivity index (χ3v) is 5.89. The van der Waals surface area contributed by atoms with Gasteiger partial charge in [0, 0.05) is 25.3 Å². The third-order valence-electron chi connectivity index (χ3n) is 4.84. The summed E-state index contributed by atoms with van der Waals surface area (Å²) < 4.78 is 8.10. The fourth-order valence-corrected chi connectivity index (χ4v) is 4.80. The maximum absolute atomic E-state index is 5.70. The zero-order chi connectivity index (χ0) is 14.8. The summed E-state index contributed by atoms with van der Waals surface area (Å²) in [5, 5.41) is 0. The van der Waals surface area contributed by atoms with Gasteiger partial charge in [0.15, 0.2) is 5.65 Å². The fraction of sp³-hybridized carbons (Fsp3) is 0.647. The second-order valence-electron chi connectivity index (χ2n) is 6.40. The molecule has 1 unspecified atom stereocenters. The topological polar surface area (TPSA) is 39.9 Å². The molecule has 0 radical (unpaired) electrons. The minimum Gasteiger partial charge on any atom is -0.381 e. The van der Waals surface area contributed by atoms with Crippen molar-refractivity contribution < 1.29 is 4.74 Å². The molecule has 2 aromatic rings. The predicted octanol–water partition coefficient (Wildman–Crippen LogP) is 3.47. The summed E-state index contributed by atoms with van der Waals surface area (Å²) >= 11 is 2.09. The highest BCUT2D eigenvalue weighted by atomic mass is 32.2. The van der Waals surface area contributed by atoms with Crippen LogP contribution in [0.1, 0.15) is 37.4 Å². The molecule has 2 aliphatic heterocycles. The van der Waals surface area contributed by atoms with Gasteiger partial charge in [-0.05, 0) is 55.2 Å². The Kier molecular flexibility index (Phi) is 4.35. The van der Waals surface area contributed by atoms with E-state index in [1.54, 1.807) is 0 Å². The Morgan fingerprint density at radius 1 is 1.27 bits per heavy atom. The van der Waals surface area contributed by atoms with Gasteiger partial charge in [0.2, 0.25) is 0 Å². The van der Waals surface area contributed by atoms with E-state index in [0.717, 1.165) is 43.3 Å². The van der Waals surface area contributed by atoms with Crippen molar-refractivity contribution in [3.05, 3.63) is 24.2 Å². The molecular formula is C17H23N3OS. The van der Waals surface area contributed by atoms with Crippen LogP contribution in [0.25, 0.3) is 11.2 Å². The Morgan fingerprint density at radius 3 is 3.00 bits per heavy atom. The van der Waals surface area contributed by atoms with Crippen molar-refractivity contribution >= 4 is 22.9 Å². The summed E-state index contributed by atoms with van der Waals surface area (Å²) in [4.78, 5) is 9.53. The Labute approximate surface area is 135 Å². The first kappa shape index (κ1) is 14.5. The maximum atomic E-state index is 5.70. The summed E-state index contributed by atoms with van der Waals surface area (Å²) in [5.41, 5.74) is 2.09. The van der Waals surface area contributed by atoms with Crippen LogP contribution in [0.15, 0.2) is 18.3 Å². The predicted molar refractivity (Wildman–Crippen MR) is 90.4 cm³/mol. The number of thioether (sulfide) groups is 1. The van der Waals surface area contributed by atoms with Gasteiger partial charge in [-0.15, -0.1) is 0 Å². The highest BCUT2D eigenvalue weighted by molar-refractivity contribution is 7.99. The Bertz CT molecular complexity index is 630. The molecule has 0 bridgehead atoms. The van der Waals surface area contributed by atoms with E-state index in [2.05, 4.69) is 27.4 Å². The van der Waals surface area contributed by atoms with Gasteiger partial charge in [-0.2, -0.15) is 11.8 Å². The van der Waals surface area contributed by atoms with Crippen molar-refractivity contribution in [3.63, 3.8) is 0 Å². The van der Waals surface area contributed by atoms with Crippen LogP contribution >= 0.6 is 11.8 Å². The van der Waals surface area contributed by atoms with E-state index in [1.165, 1.54) is 36.6 Å². The second-order valence-corrected chi connectivity index (χ2v) is 7.62. The monoisotopic (exact) mass is 317 g/mol. The van der Waals surface area contributed by atoms with E-state index in [-0.39, 0.29) is 0 Å². The lowest BCUT2D eigenvalue weighted by atomic mass is 10.00. The van der Waals surface area contributed by atoms with Crippen LogP contribution in [0.4, 0.5) is 0 Å². The smallest absolute Gasteiger partial charge is 0.160 e. The van der Waals surface area contributed by atoms with Gasteiger partial charge in [0.25, 0.3) is 0 Å². The van der Waals surface area contributed by atoms with Crippen LogP contribution in [0.2, 0.25) is 0 Å². The maximum Gasteiger partial charge on any atom is 0.160 e. The van der Waals surface area contributed by atoms with Gasteiger partial charge in [0.05, 0.1) is 6.61 Å². The van der Waals surface area contributed by atoms with E-state index >= 15 is 0 Å². The largest absolute Gasteiger partial charge is 0.381 e. The molecule has 118 valence electrons. The first-order valence-electron chi connectivity index (χ1n) is 8.38. The Hall–Kier alpha value is -1.07. The van der Waals surface area contributed by atoms with Gasteiger partial charge in [-0.3, -0.25) is 0 Å². The lowest BCUT2D eigenvalue weighted by molar-refractivity contribution is 0.0768. The molecule has 4 rings (SSSR count). The lowest BCUT2D eigenvalue weighted by Crippen LogP contribution is -2.23. The molecule has 4 nitrogen and oxygen atoms in total. The molecule has 0 saturated carbocycles. The van der Waals surface area contributed by atoms with Crippen LogP contribution in [0.5, 0.6) is 0 Å². The normalized spacial score (nSPS) is 23.9. The SMILES string of the molecule is c1cnc2c(c1)nc(C1CCCOC1)n2CC1CCSCC1. The molecule has 1 atom stereocenters. The number of nitrogens with zero attached hydrogens (tertiary/aromatic N) is 3. The van der Waals surface area contributed by atoms with Crippen molar-refractivity contribution in [3.8, 4) is 0 Å². The van der Waals surface area contributed by atoms with E-state index in [1.807, 2.05) is 12.3 Å². The molecule has 0 spiro atoms. The van der Waals surface area contributed by atoms with Crippen LogP contribution < -0.4 is 0 Å². The van der Waals surface area contributed by atoms with Gasteiger partial charge < -0.3 is 9.30 Å². The number of pyridine rings is 1. The summed E-state index contributed by atoms with van der Waals surface area (Å²) in [7, 11) is 0. The average molecular weight is 317 g/mol. The van der Waals surface area contributed by atoms with Crippen molar-refractivity contribution in [2.45, 2.75) is 38.1 Å². The number of aromatic nitrogens is 3. The number of fused-ring (bicyclic) bond motifs is 1. The quantitative estimate of drug-likeness (QED) is 0.869. The van der Waals surface area contributed by atoms with Gasteiger partial charge in [0.1, 0.15) is 11.3 Å². The number of rotatable bonds is 3. The van der Waals surface area contributed by atoms with Crippen molar-refractivity contribution in [1.29, 1.82) is 0 Å². The van der Waals surface area contributed by atoms with Crippen LogP contribution in [0.3, 0.4) is 0 Å². The van der Waals surface area contributed by atoms with Crippen LogP contribution in [0, 0.1) is 5.92 Å². The minimum absolute atomic E-state index is 0.431. The van der Waals surface area contributed by atoms with Gasteiger partial charge in [-0.1, -0.05) is 0 Å². The first-order valence-corrected chi connectivity index (χ1v) is 9.54. The standard InChI is InChI=1S/C17H23N3OS/c1-4-15-17(18-7-1)20(11-13-5-9-22-10-6-13)16(19-15)14-3-2-8-21-12-14/h1,4,7,13-14H,2-3,5-6,8-12H2. The summed E-state index contributed by atoms with van der Waals surface area (Å²) in [6.07, 6.45) is 6.85. The van der Waals surface area contributed by atoms with Gasteiger partial charge >= 0.3 is 0 Å². The van der Waals surface area contributed by atoms with Gasteiger partial charge in [-0.25, -0.2) is 9.97 Å². The molecule has 0 aromatic carbocycles. The number of hydrogen-bond donors (Lipinski definition) is 0. The fourth-order valence-electron chi connectivity index (χ4n) is 3.60. The molecule has 2 aliphatic rings. The lowest BCUT2D eigenvalue weighted by Gasteiger charge is -2.26. The zero-order valence-corrected chi connectivity index (χ0v) is 13.7. The molecule has 2 saturated heterocycles. The molecule has 2 fully saturated rings. The molecule has 0 amide bonds. The van der Waals surface area contributed by atoms with Crippen molar-refractivity contribution in [2.24, 2.45) is 5.92 Å². The van der Waals surface area contributed by atoms with Crippen LogP contribution in [-0.4, -0.2) is 39.3 Å².